The van der Waals surface area contributed by atoms with Crippen molar-refractivity contribution in [1.82, 2.24) is 5.43 Å². The topological polar surface area (TPSA) is 103 Å². The second-order valence-corrected chi connectivity index (χ2v) is 9.60. The molecule has 8 heteroatoms. The number of nitrogens with zero attached hydrogens (tertiary/aromatic N) is 1. The van der Waals surface area contributed by atoms with Crippen molar-refractivity contribution < 1.29 is 28.6 Å². The highest BCUT2D eigenvalue weighted by atomic mass is 16.5. The van der Waals surface area contributed by atoms with E-state index < -0.39 is 23.9 Å². The molecule has 5 rings (SSSR count). The van der Waals surface area contributed by atoms with E-state index in [-0.39, 0.29) is 11.5 Å². The summed E-state index contributed by atoms with van der Waals surface area (Å²) in [4.78, 5) is 38.1. The first-order valence-electron chi connectivity index (χ1n) is 13.8. The standard InChI is InChI=1S/C36H28N2O6/c1-25(42-31-20-17-27(18-21-31)26-11-5-2-6-12-26)34(39)38-37-24-30-19-22-32(43-35(40)28-13-7-3-8-14-28)23-33(30)44-36(41)29-15-9-4-10-16-29/h2-25H,1H3,(H,38,39)/b37-24-/t25-/m1/s1. The van der Waals surface area contributed by atoms with E-state index in [4.69, 9.17) is 14.2 Å². The monoisotopic (exact) mass is 584 g/mol. The van der Waals surface area contributed by atoms with Gasteiger partial charge in [0.15, 0.2) is 6.10 Å². The number of hydrazone groups is 1. The first-order valence-corrected chi connectivity index (χ1v) is 13.8. The number of benzene rings is 5. The van der Waals surface area contributed by atoms with Gasteiger partial charge in [0, 0.05) is 11.6 Å². The SMILES string of the molecule is C[C@@H](Oc1ccc(-c2ccccc2)cc1)C(=O)N/N=C\c1ccc(OC(=O)c2ccccc2)cc1OC(=O)c1ccccc1. The Kier molecular flexibility index (Phi) is 9.54. The van der Waals surface area contributed by atoms with E-state index in [9.17, 15) is 14.4 Å². The third kappa shape index (κ3) is 7.83. The van der Waals surface area contributed by atoms with Gasteiger partial charge in [0.25, 0.3) is 5.91 Å². The molecule has 0 aromatic heterocycles. The number of esters is 2. The van der Waals surface area contributed by atoms with Crippen molar-refractivity contribution in [3.63, 3.8) is 0 Å². The lowest BCUT2D eigenvalue weighted by Gasteiger charge is -2.13. The molecule has 1 N–H and O–H groups in total. The van der Waals surface area contributed by atoms with Crippen LogP contribution in [0, 0.1) is 0 Å². The minimum Gasteiger partial charge on any atom is -0.481 e. The highest BCUT2D eigenvalue weighted by molar-refractivity contribution is 5.94. The molecule has 218 valence electrons. The Bertz CT molecular complexity index is 1760. The first-order chi connectivity index (χ1) is 21.5. The van der Waals surface area contributed by atoms with E-state index in [0.717, 1.165) is 11.1 Å². The molecule has 0 aliphatic heterocycles. The molecule has 0 aliphatic rings. The molecule has 0 saturated carbocycles. The van der Waals surface area contributed by atoms with E-state index in [0.29, 0.717) is 22.4 Å². The van der Waals surface area contributed by atoms with Gasteiger partial charge in [-0.1, -0.05) is 78.9 Å². The normalized spacial score (nSPS) is 11.4. The summed E-state index contributed by atoms with van der Waals surface area (Å²) in [6.45, 7) is 1.61. The Balaban J connectivity index is 1.26. The van der Waals surface area contributed by atoms with Crippen molar-refractivity contribution in [3.05, 3.63) is 150 Å². The summed E-state index contributed by atoms with van der Waals surface area (Å²) >= 11 is 0. The molecule has 0 fully saturated rings. The van der Waals surface area contributed by atoms with Gasteiger partial charge in [0.05, 0.1) is 17.3 Å². The van der Waals surface area contributed by atoms with Gasteiger partial charge in [-0.15, -0.1) is 0 Å². The Morgan fingerprint density at radius 3 is 1.77 bits per heavy atom. The van der Waals surface area contributed by atoms with Gasteiger partial charge < -0.3 is 14.2 Å². The van der Waals surface area contributed by atoms with Crippen LogP contribution in [0.2, 0.25) is 0 Å². The van der Waals surface area contributed by atoms with Crippen molar-refractivity contribution in [2.75, 3.05) is 0 Å². The quantitative estimate of drug-likeness (QED) is 0.0847. The summed E-state index contributed by atoms with van der Waals surface area (Å²) in [5.41, 5.74) is 5.62. The van der Waals surface area contributed by atoms with Crippen molar-refractivity contribution in [2.45, 2.75) is 13.0 Å². The van der Waals surface area contributed by atoms with Crippen molar-refractivity contribution in [3.8, 4) is 28.4 Å². The molecule has 5 aromatic carbocycles. The predicted molar refractivity (Wildman–Crippen MR) is 167 cm³/mol. The Hall–Kier alpha value is -6.02. The van der Waals surface area contributed by atoms with Gasteiger partial charge in [0.2, 0.25) is 0 Å². The molecule has 1 atom stereocenters. The van der Waals surface area contributed by atoms with E-state index in [2.05, 4.69) is 10.5 Å². The molecule has 0 aliphatic carbocycles. The van der Waals surface area contributed by atoms with Crippen LogP contribution in [0.15, 0.2) is 139 Å². The highest BCUT2D eigenvalue weighted by Crippen LogP contribution is 2.26. The largest absolute Gasteiger partial charge is 0.481 e. The van der Waals surface area contributed by atoms with Crippen LogP contribution in [0.3, 0.4) is 0 Å². The van der Waals surface area contributed by atoms with E-state index >= 15 is 0 Å². The molecule has 0 unspecified atom stereocenters. The lowest BCUT2D eigenvalue weighted by molar-refractivity contribution is -0.127. The van der Waals surface area contributed by atoms with E-state index in [1.54, 1.807) is 85.8 Å². The average molecular weight is 585 g/mol. The summed E-state index contributed by atoms with van der Waals surface area (Å²) in [6, 6.07) is 38.8. The zero-order valence-electron chi connectivity index (χ0n) is 23.8. The first kappa shape index (κ1) is 29.5. The highest BCUT2D eigenvalue weighted by Gasteiger charge is 2.16. The molecule has 5 aromatic rings. The summed E-state index contributed by atoms with van der Waals surface area (Å²) in [5.74, 6) is -0.884. The van der Waals surface area contributed by atoms with Crippen LogP contribution >= 0.6 is 0 Å². The third-order valence-electron chi connectivity index (χ3n) is 6.44. The summed E-state index contributed by atoms with van der Waals surface area (Å²) < 4.78 is 16.9. The Morgan fingerprint density at radius 2 is 1.16 bits per heavy atom. The molecule has 0 bridgehead atoms. The maximum Gasteiger partial charge on any atom is 0.343 e. The van der Waals surface area contributed by atoms with Gasteiger partial charge in [-0.3, -0.25) is 4.79 Å². The van der Waals surface area contributed by atoms with Crippen molar-refractivity contribution in [2.24, 2.45) is 5.10 Å². The molecular weight excluding hydrogens is 556 g/mol. The van der Waals surface area contributed by atoms with Crippen LogP contribution in [0.5, 0.6) is 17.2 Å². The fourth-order valence-electron chi connectivity index (χ4n) is 4.12. The Labute approximate surface area is 254 Å². The second-order valence-electron chi connectivity index (χ2n) is 9.60. The number of nitrogens with one attached hydrogen (secondary N) is 1. The fraction of sp³-hybridized carbons (Fsp3) is 0.0556. The van der Waals surface area contributed by atoms with Crippen LogP contribution in [0.1, 0.15) is 33.2 Å². The van der Waals surface area contributed by atoms with Crippen LogP contribution in [0.4, 0.5) is 0 Å². The molecule has 8 nitrogen and oxygen atoms in total. The van der Waals surface area contributed by atoms with Gasteiger partial charge in [0.1, 0.15) is 17.2 Å². The average Bonchev–Trinajstić information content (AvgIpc) is 3.07. The van der Waals surface area contributed by atoms with E-state index in [1.165, 1.54) is 18.3 Å². The number of ether oxygens (including phenoxy) is 3. The van der Waals surface area contributed by atoms with Gasteiger partial charge in [-0.2, -0.15) is 5.10 Å². The number of amides is 1. The van der Waals surface area contributed by atoms with Gasteiger partial charge in [-0.25, -0.2) is 15.0 Å². The van der Waals surface area contributed by atoms with Crippen molar-refractivity contribution in [1.29, 1.82) is 0 Å². The number of carbonyl (C=O) groups is 3. The van der Waals surface area contributed by atoms with Gasteiger partial charge >= 0.3 is 11.9 Å². The Morgan fingerprint density at radius 1 is 0.636 bits per heavy atom. The number of rotatable bonds is 10. The van der Waals surface area contributed by atoms with Crippen LogP contribution in [-0.4, -0.2) is 30.2 Å². The third-order valence-corrected chi connectivity index (χ3v) is 6.44. The summed E-state index contributed by atoms with van der Waals surface area (Å²) in [5, 5.41) is 4.03. The summed E-state index contributed by atoms with van der Waals surface area (Å²) in [6.07, 6.45) is 0.486. The van der Waals surface area contributed by atoms with Crippen LogP contribution in [0.25, 0.3) is 11.1 Å². The molecule has 0 spiro atoms. The summed E-state index contributed by atoms with van der Waals surface area (Å²) in [7, 11) is 0. The number of hydrogen-bond donors (Lipinski definition) is 1. The molecule has 0 radical (unpaired) electrons. The molecule has 1 amide bonds. The van der Waals surface area contributed by atoms with E-state index in [1.807, 2.05) is 42.5 Å². The fourth-order valence-corrected chi connectivity index (χ4v) is 4.12. The van der Waals surface area contributed by atoms with Gasteiger partial charge in [-0.05, 0) is 66.6 Å². The molecule has 0 heterocycles. The zero-order valence-corrected chi connectivity index (χ0v) is 23.8. The van der Waals surface area contributed by atoms with Crippen molar-refractivity contribution >= 4 is 24.1 Å². The molecule has 44 heavy (non-hydrogen) atoms. The van der Waals surface area contributed by atoms with Crippen LogP contribution < -0.4 is 19.6 Å². The van der Waals surface area contributed by atoms with Crippen LogP contribution in [-0.2, 0) is 4.79 Å². The minimum absolute atomic E-state index is 0.0815. The minimum atomic E-state index is -0.843. The second kappa shape index (κ2) is 14.2. The number of hydrogen-bond acceptors (Lipinski definition) is 7. The smallest absolute Gasteiger partial charge is 0.343 e. The number of carbonyl (C=O) groups excluding carboxylic acids is 3. The lowest BCUT2D eigenvalue weighted by atomic mass is 10.1. The maximum absolute atomic E-state index is 12.8. The molecule has 0 saturated heterocycles. The zero-order chi connectivity index (χ0) is 30.7. The molecular formula is C36H28N2O6. The predicted octanol–water partition coefficient (Wildman–Crippen LogP) is 6.71. The lowest BCUT2D eigenvalue weighted by Crippen LogP contribution is -2.33. The maximum atomic E-state index is 12.8.